The lowest BCUT2D eigenvalue weighted by molar-refractivity contribution is 0.102. The fourth-order valence-electron chi connectivity index (χ4n) is 2.95. The fourth-order valence-corrected chi connectivity index (χ4v) is 3.17. The molecule has 0 fully saturated rings. The maximum Gasteiger partial charge on any atom is 0.255 e. The molecule has 6 heteroatoms. The number of halogens is 1. The number of para-hydroxylation sites is 1. The third kappa shape index (κ3) is 3.80. The number of nitrogens with one attached hydrogen (secondary N) is 2. The second-order valence-corrected chi connectivity index (χ2v) is 6.79. The van der Waals surface area contributed by atoms with Crippen LogP contribution in [0.3, 0.4) is 0 Å². The van der Waals surface area contributed by atoms with E-state index in [0.29, 0.717) is 22.1 Å². The minimum Gasteiger partial charge on any atom is -0.340 e. The number of aryl methyl sites for hydroxylation is 1. The number of amides is 1. The number of carbonyl (C=O) groups is 1. The first-order chi connectivity index (χ1) is 13.6. The Balaban J connectivity index is 1.57. The first-order valence-corrected chi connectivity index (χ1v) is 9.12. The maximum atomic E-state index is 12.8. The van der Waals surface area contributed by atoms with E-state index in [4.69, 9.17) is 11.6 Å². The molecule has 0 bridgehead atoms. The molecule has 2 heterocycles. The Hall–Kier alpha value is -3.44. The molecule has 0 aliphatic carbocycles. The van der Waals surface area contributed by atoms with E-state index < -0.39 is 0 Å². The van der Waals surface area contributed by atoms with Crippen molar-refractivity contribution < 1.29 is 4.79 Å². The number of benzene rings is 2. The molecule has 2 aromatic heterocycles. The summed E-state index contributed by atoms with van der Waals surface area (Å²) >= 11 is 6.00. The van der Waals surface area contributed by atoms with Crippen LogP contribution in [0.1, 0.15) is 15.9 Å². The van der Waals surface area contributed by atoms with E-state index in [9.17, 15) is 4.79 Å². The van der Waals surface area contributed by atoms with Gasteiger partial charge in [0.25, 0.3) is 5.91 Å². The summed E-state index contributed by atoms with van der Waals surface area (Å²) in [5, 5.41) is 7.80. The number of hydrogen-bond donors (Lipinski definition) is 2. The molecule has 1 amide bonds. The van der Waals surface area contributed by atoms with Crippen LogP contribution in [0.5, 0.6) is 0 Å². The van der Waals surface area contributed by atoms with E-state index in [1.807, 2.05) is 49.4 Å². The summed E-state index contributed by atoms with van der Waals surface area (Å²) in [4.78, 5) is 21.4. The highest BCUT2D eigenvalue weighted by molar-refractivity contribution is 6.30. The highest BCUT2D eigenvalue weighted by Crippen LogP contribution is 2.24. The largest absolute Gasteiger partial charge is 0.340 e. The van der Waals surface area contributed by atoms with Gasteiger partial charge in [0.15, 0.2) is 0 Å². The Morgan fingerprint density at radius 3 is 2.64 bits per heavy atom. The molecule has 4 rings (SSSR count). The molecule has 138 valence electrons. The zero-order valence-electron chi connectivity index (χ0n) is 15.1. The lowest BCUT2D eigenvalue weighted by Gasteiger charge is -2.11. The van der Waals surface area contributed by atoms with E-state index in [1.165, 1.54) is 0 Å². The van der Waals surface area contributed by atoms with Gasteiger partial charge < -0.3 is 10.6 Å². The molecule has 0 unspecified atom stereocenters. The molecule has 0 aliphatic heterocycles. The van der Waals surface area contributed by atoms with Gasteiger partial charge in [-0.1, -0.05) is 29.8 Å². The topological polar surface area (TPSA) is 66.9 Å². The monoisotopic (exact) mass is 388 g/mol. The highest BCUT2D eigenvalue weighted by Gasteiger charge is 2.11. The van der Waals surface area contributed by atoms with Gasteiger partial charge in [0.2, 0.25) is 0 Å². The van der Waals surface area contributed by atoms with Crippen molar-refractivity contribution in [1.29, 1.82) is 0 Å². The molecule has 0 saturated carbocycles. The average molecular weight is 389 g/mol. The molecule has 5 nitrogen and oxygen atoms in total. The number of nitrogens with zero attached hydrogens (tertiary/aromatic N) is 2. The minimum atomic E-state index is -0.226. The summed E-state index contributed by atoms with van der Waals surface area (Å²) in [6.45, 7) is 1.96. The van der Waals surface area contributed by atoms with Gasteiger partial charge in [-0.05, 0) is 55.0 Å². The summed E-state index contributed by atoms with van der Waals surface area (Å²) in [5.41, 5.74) is 3.79. The zero-order valence-corrected chi connectivity index (χ0v) is 15.9. The Morgan fingerprint density at radius 2 is 1.79 bits per heavy atom. The molecule has 0 atom stereocenters. The van der Waals surface area contributed by atoms with Crippen molar-refractivity contribution in [2.75, 3.05) is 10.6 Å². The third-order valence-electron chi connectivity index (χ3n) is 4.35. The van der Waals surface area contributed by atoms with E-state index in [0.717, 1.165) is 22.2 Å². The number of pyridine rings is 2. The van der Waals surface area contributed by atoms with Gasteiger partial charge >= 0.3 is 0 Å². The Morgan fingerprint density at radius 1 is 0.929 bits per heavy atom. The number of rotatable bonds is 4. The van der Waals surface area contributed by atoms with Crippen LogP contribution >= 0.6 is 11.6 Å². The second-order valence-electron chi connectivity index (χ2n) is 6.35. The SMILES string of the molecule is Cc1cc(Cl)ccc1Nc1cc(C(=O)Nc2cccc3cccnc23)ccn1. The highest BCUT2D eigenvalue weighted by atomic mass is 35.5. The van der Waals surface area contributed by atoms with Crippen LogP contribution in [-0.2, 0) is 0 Å². The van der Waals surface area contributed by atoms with Gasteiger partial charge in [-0.3, -0.25) is 9.78 Å². The molecule has 28 heavy (non-hydrogen) atoms. The lowest BCUT2D eigenvalue weighted by atomic mass is 10.1. The Bertz CT molecular complexity index is 1170. The van der Waals surface area contributed by atoms with Crippen molar-refractivity contribution in [2.24, 2.45) is 0 Å². The van der Waals surface area contributed by atoms with E-state index in [1.54, 1.807) is 30.6 Å². The van der Waals surface area contributed by atoms with Crippen LogP contribution in [-0.4, -0.2) is 15.9 Å². The normalized spacial score (nSPS) is 10.6. The van der Waals surface area contributed by atoms with Crippen LogP contribution in [0.25, 0.3) is 10.9 Å². The standard InChI is InChI=1S/C22H17ClN4O/c1-14-12-17(23)7-8-18(14)26-20-13-16(9-11-24-20)22(28)27-19-6-2-4-15-5-3-10-25-21(15)19/h2-13H,1H3,(H,24,26)(H,27,28). The van der Waals surface area contributed by atoms with Crippen LogP contribution < -0.4 is 10.6 Å². The van der Waals surface area contributed by atoms with E-state index in [-0.39, 0.29) is 5.91 Å². The summed E-state index contributed by atoms with van der Waals surface area (Å²) < 4.78 is 0. The minimum absolute atomic E-state index is 0.226. The predicted molar refractivity (Wildman–Crippen MR) is 113 cm³/mol. The van der Waals surface area contributed by atoms with Crippen LogP contribution in [0.2, 0.25) is 5.02 Å². The number of fused-ring (bicyclic) bond motifs is 1. The van der Waals surface area contributed by atoms with Crippen molar-refractivity contribution in [3.63, 3.8) is 0 Å². The molecule has 0 aliphatic rings. The van der Waals surface area contributed by atoms with Gasteiger partial charge in [0.05, 0.1) is 11.2 Å². The average Bonchev–Trinajstić information content (AvgIpc) is 2.71. The summed E-state index contributed by atoms with van der Waals surface area (Å²) in [6.07, 6.45) is 3.31. The van der Waals surface area contributed by atoms with Crippen molar-refractivity contribution in [1.82, 2.24) is 9.97 Å². The Kier molecular flexibility index (Phi) is 4.91. The number of carbonyl (C=O) groups excluding carboxylic acids is 1. The summed E-state index contributed by atoms with van der Waals surface area (Å²) in [7, 11) is 0. The predicted octanol–water partition coefficient (Wildman–Crippen LogP) is 5.59. The molecule has 2 aromatic carbocycles. The summed E-state index contributed by atoms with van der Waals surface area (Å²) in [5.74, 6) is 0.352. The third-order valence-corrected chi connectivity index (χ3v) is 4.59. The van der Waals surface area contributed by atoms with Crippen molar-refractivity contribution in [3.05, 3.63) is 89.2 Å². The van der Waals surface area contributed by atoms with Crippen LogP contribution in [0.4, 0.5) is 17.2 Å². The summed E-state index contributed by atoms with van der Waals surface area (Å²) in [6, 6.07) is 18.5. The second kappa shape index (κ2) is 7.66. The number of hydrogen-bond acceptors (Lipinski definition) is 4. The fraction of sp³-hybridized carbons (Fsp3) is 0.0455. The van der Waals surface area contributed by atoms with Gasteiger partial charge in [0, 0.05) is 34.1 Å². The number of anilines is 3. The van der Waals surface area contributed by atoms with Crippen molar-refractivity contribution in [3.8, 4) is 0 Å². The zero-order chi connectivity index (χ0) is 19.5. The smallest absolute Gasteiger partial charge is 0.255 e. The van der Waals surface area contributed by atoms with Crippen LogP contribution in [0.15, 0.2) is 73.1 Å². The van der Waals surface area contributed by atoms with Gasteiger partial charge in [0.1, 0.15) is 5.82 Å². The van der Waals surface area contributed by atoms with Gasteiger partial charge in [-0.25, -0.2) is 4.98 Å². The van der Waals surface area contributed by atoms with Crippen molar-refractivity contribution in [2.45, 2.75) is 6.92 Å². The lowest BCUT2D eigenvalue weighted by Crippen LogP contribution is -2.13. The van der Waals surface area contributed by atoms with E-state index >= 15 is 0 Å². The number of aromatic nitrogens is 2. The molecule has 0 radical (unpaired) electrons. The van der Waals surface area contributed by atoms with Crippen LogP contribution in [0, 0.1) is 6.92 Å². The maximum absolute atomic E-state index is 12.8. The first kappa shape index (κ1) is 17.9. The first-order valence-electron chi connectivity index (χ1n) is 8.74. The molecular formula is C22H17ClN4O. The quantitative estimate of drug-likeness (QED) is 0.478. The molecule has 4 aromatic rings. The van der Waals surface area contributed by atoms with Gasteiger partial charge in [-0.15, -0.1) is 0 Å². The van der Waals surface area contributed by atoms with E-state index in [2.05, 4.69) is 20.6 Å². The Labute approximate surface area is 167 Å². The van der Waals surface area contributed by atoms with Crippen molar-refractivity contribution >= 4 is 45.6 Å². The molecule has 0 saturated heterocycles. The molecular weight excluding hydrogens is 372 g/mol. The molecule has 0 spiro atoms. The molecule has 2 N–H and O–H groups in total. The van der Waals surface area contributed by atoms with Gasteiger partial charge in [-0.2, -0.15) is 0 Å².